The summed E-state index contributed by atoms with van der Waals surface area (Å²) in [6.45, 7) is 9.13. The molecule has 2 rings (SSSR count). The summed E-state index contributed by atoms with van der Waals surface area (Å²) >= 11 is 0. The van der Waals surface area contributed by atoms with E-state index in [1.165, 1.54) is 0 Å². The van der Waals surface area contributed by atoms with E-state index in [1.54, 1.807) is 7.11 Å². The second-order valence-electron chi connectivity index (χ2n) is 5.03. The fourth-order valence-corrected chi connectivity index (χ4v) is 2.29. The molecule has 0 aromatic heterocycles. The summed E-state index contributed by atoms with van der Waals surface area (Å²) in [6.07, 6.45) is 0. The predicted octanol–water partition coefficient (Wildman–Crippen LogP) is 1.71. The van der Waals surface area contributed by atoms with Crippen LogP contribution in [0.3, 0.4) is 0 Å². The van der Waals surface area contributed by atoms with Crippen molar-refractivity contribution < 1.29 is 9.47 Å². The van der Waals surface area contributed by atoms with Gasteiger partial charge in [0.15, 0.2) is 0 Å². The van der Waals surface area contributed by atoms with Crippen molar-refractivity contribution in [1.29, 1.82) is 0 Å². The van der Waals surface area contributed by atoms with Crippen LogP contribution in [0.2, 0.25) is 0 Å². The van der Waals surface area contributed by atoms with E-state index < -0.39 is 0 Å². The van der Waals surface area contributed by atoms with Gasteiger partial charge in [-0.15, -0.1) is 0 Å². The van der Waals surface area contributed by atoms with Crippen LogP contribution in [0.25, 0.3) is 0 Å². The SMILES string of the molecule is CCN1CCN(CC#CCOc2cccc(OC)c2)CC1. The molecule has 1 aromatic rings. The first-order valence-corrected chi connectivity index (χ1v) is 7.49. The smallest absolute Gasteiger partial charge is 0.149 e. The van der Waals surface area contributed by atoms with Gasteiger partial charge in [-0.3, -0.25) is 4.90 Å². The number of piperazine rings is 1. The molecule has 1 saturated heterocycles. The molecule has 1 aliphatic rings. The van der Waals surface area contributed by atoms with Crippen LogP contribution in [0, 0.1) is 11.8 Å². The van der Waals surface area contributed by atoms with Crippen LogP contribution < -0.4 is 9.47 Å². The van der Waals surface area contributed by atoms with E-state index in [1.807, 2.05) is 24.3 Å². The lowest BCUT2D eigenvalue weighted by atomic mass is 10.3. The average molecular weight is 288 g/mol. The molecule has 1 aliphatic heterocycles. The molecule has 1 aromatic carbocycles. The summed E-state index contributed by atoms with van der Waals surface area (Å²) in [4.78, 5) is 4.86. The average Bonchev–Trinajstić information content (AvgIpc) is 2.55. The molecular formula is C17H24N2O2. The van der Waals surface area contributed by atoms with E-state index in [9.17, 15) is 0 Å². The highest BCUT2D eigenvalue weighted by atomic mass is 16.5. The Morgan fingerprint density at radius 1 is 1.05 bits per heavy atom. The van der Waals surface area contributed by atoms with Crippen molar-refractivity contribution in [2.24, 2.45) is 0 Å². The molecule has 0 radical (unpaired) electrons. The van der Waals surface area contributed by atoms with Gasteiger partial charge in [-0.1, -0.05) is 24.8 Å². The highest BCUT2D eigenvalue weighted by Gasteiger charge is 2.13. The first-order valence-electron chi connectivity index (χ1n) is 7.49. The third-order valence-electron chi connectivity index (χ3n) is 3.69. The van der Waals surface area contributed by atoms with Crippen LogP contribution in [0.5, 0.6) is 11.5 Å². The van der Waals surface area contributed by atoms with Gasteiger partial charge in [0.05, 0.1) is 13.7 Å². The molecule has 0 amide bonds. The predicted molar refractivity (Wildman–Crippen MR) is 84.8 cm³/mol. The molecule has 0 atom stereocenters. The number of ether oxygens (including phenoxy) is 2. The van der Waals surface area contributed by atoms with Gasteiger partial charge in [-0.2, -0.15) is 0 Å². The van der Waals surface area contributed by atoms with Crippen LogP contribution in [0.4, 0.5) is 0 Å². The number of hydrogen-bond acceptors (Lipinski definition) is 4. The first kappa shape index (κ1) is 15.7. The van der Waals surface area contributed by atoms with Crippen molar-refractivity contribution >= 4 is 0 Å². The summed E-state index contributed by atoms with van der Waals surface area (Å²) < 4.78 is 10.7. The Kier molecular flexibility index (Phi) is 6.39. The van der Waals surface area contributed by atoms with Gasteiger partial charge in [0.2, 0.25) is 0 Å². The van der Waals surface area contributed by atoms with E-state index in [2.05, 4.69) is 28.6 Å². The van der Waals surface area contributed by atoms with Gasteiger partial charge < -0.3 is 14.4 Å². The number of rotatable bonds is 5. The lowest BCUT2D eigenvalue weighted by Gasteiger charge is -2.32. The zero-order chi connectivity index (χ0) is 14.9. The van der Waals surface area contributed by atoms with Crippen molar-refractivity contribution in [2.45, 2.75) is 6.92 Å². The van der Waals surface area contributed by atoms with Gasteiger partial charge in [0.1, 0.15) is 18.1 Å². The van der Waals surface area contributed by atoms with Crippen molar-refractivity contribution in [2.75, 3.05) is 53.0 Å². The minimum atomic E-state index is 0.419. The molecule has 0 saturated carbocycles. The largest absolute Gasteiger partial charge is 0.497 e. The van der Waals surface area contributed by atoms with E-state index in [0.717, 1.165) is 50.8 Å². The molecule has 0 aliphatic carbocycles. The third kappa shape index (κ3) is 5.30. The van der Waals surface area contributed by atoms with E-state index in [0.29, 0.717) is 6.61 Å². The molecule has 114 valence electrons. The summed E-state index contributed by atoms with van der Waals surface area (Å²) in [6, 6.07) is 7.59. The van der Waals surface area contributed by atoms with Crippen LogP contribution in [-0.2, 0) is 0 Å². The van der Waals surface area contributed by atoms with Crippen LogP contribution in [-0.4, -0.2) is 62.8 Å². The van der Waals surface area contributed by atoms with Crippen LogP contribution >= 0.6 is 0 Å². The summed E-state index contributed by atoms with van der Waals surface area (Å²) in [5.74, 6) is 7.86. The zero-order valence-electron chi connectivity index (χ0n) is 13.0. The molecule has 1 heterocycles. The first-order chi connectivity index (χ1) is 10.3. The second kappa shape index (κ2) is 8.56. The van der Waals surface area contributed by atoms with E-state index in [-0.39, 0.29) is 0 Å². The Morgan fingerprint density at radius 3 is 2.48 bits per heavy atom. The molecular weight excluding hydrogens is 264 g/mol. The van der Waals surface area contributed by atoms with Gasteiger partial charge in [-0.05, 0) is 18.7 Å². The third-order valence-corrected chi connectivity index (χ3v) is 3.69. The Bertz CT molecular complexity index is 485. The molecule has 4 heteroatoms. The maximum atomic E-state index is 5.59. The fourth-order valence-electron chi connectivity index (χ4n) is 2.29. The Balaban J connectivity index is 1.67. The quantitative estimate of drug-likeness (QED) is 0.770. The molecule has 0 spiro atoms. The highest BCUT2D eigenvalue weighted by Crippen LogP contribution is 2.18. The van der Waals surface area contributed by atoms with E-state index >= 15 is 0 Å². The number of likely N-dealkylation sites (N-methyl/N-ethyl adjacent to an activating group) is 1. The van der Waals surface area contributed by atoms with E-state index in [4.69, 9.17) is 9.47 Å². The number of methoxy groups -OCH3 is 1. The summed E-state index contributed by atoms with van der Waals surface area (Å²) in [7, 11) is 1.65. The van der Waals surface area contributed by atoms with Crippen molar-refractivity contribution in [3.05, 3.63) is 24.3 Å². The molecule has 1 fully saturated rings. The Morgan fingerprint density at radius 2 is 1.76 bits per heavy atom. The van der Waals surface area contributed by atoms with Crippen molar-refractivity contribution in [3.63, 3.8) is 0 Å². The lowest BCUT2D eigenvalue weighted by Crippen LogP contribution is -2.46. The summed E-state index contributed by atoms with van der Waals surface area (Å²) in [5.41, 5.74) is 0. The highest BCUT2D eigenvalue weighted by molar-refractivity contribution is 5.33. The van der Waals surface area contributed by atoms with Gasteiger partial charge in [0, 0.05) is 32.2 Å². The molecule has 21 heavy (non-hydrogen) atoms. The van der Waals surface area contributed by atoms with Crippen molar-refractivity contribution in [3.8, 4) is 23.3 Å². The molecule has 4 nitrogen and oxygen atoms in total. The zero-order valence-corrected chi connectivity index (χ0v) is 13.0. The second-order valence-corrected chi connectivity index (χ2v) is 5.03. The number of hydrogen-bond donors (Lipinski definition) is 0. The van der Waals surface area contributed by atoms with Gasteiger partial charge in [0.25, 0.3) is 0 Å². The lowest BCUT2D eigenvalue weighted by molar-refractivity contribution is 0.149. The normalized spacial score (nSPS) is 16.1. The number of nitrogens with zero attached hydrogens (tertiary/aromatic N) is 2. The minimum absolute atomic E-state index is 0.419. The topological polar surface area (TPSA) is 24.9 Å². The Hall–Kier alpha value is -1.70. The Labute approximate surface area is 127 Å². The van der Waals surface area contributed by atoms with Crippen LogP contribution in [0.1, 0.15) is 6.92 Å². The maximum absolute atomic E-state index is 5.59. The van der Waals surface area contributed by atoms with Gasteiger partial charge >= 0.3 is 0 Å². The monoisotopic (exact) mass is 288 g/mol. The number of benzene rings is 1. The summed E-state index contributed by atoms with van der Waals surface area (Å²) in [5, 5.41) is 0. The van der Waals surface area contributed by atoms with Crippen LogP contribution in [0.15, 0.2) is 24.3 Å². The minimum Gasteiger partial charge on any atom is -0.497 e. The van der Waals surface area contributed by atoms with Crippen molar-refractivity contribution in [1.82, 2.24) is 9.80 Å². The maximum Gasteiger partial charge on any atom is 0.149 e. The molecule has 0 bridgehead atoms. The molecule has 0 unspecified atom stereocenters. The molecule has 0 N–H and O–H groups in total. The van der Waals surface area contributed by atoms with Gasteiger partial charge in [-0.25, -0.2) is 0 Å². The standard InChI is InChI=1S/C17H24N2O2/c1-3-18-10-12-19(13-11-18)9-4-5-14-21-17-8-6-7-16(15-17)20-2/h6-8,15H,3,9-14H2,1-2H3. The fraction of sp³-hybridized carbons (Fsp3) is 0.529.